The SMILES string of the molecule is CN1CCc2nc3ccccc3c(C(=O)OCC(=O)Nc3sc4c(c3C#N)CCC(c3ccccc3)C4)c2C1. The van der Waals surface area contributed by atoms with E-state index in [1.807, 2.05) is 37.4 Å². The molecule has 6 rings (SSSR count). The van der Waals surface area contributed by atoms with E-state index in [-0.39, 0.29) is 0 Å². The van der Waals surface area contributed by atoms with Gasteiger partial charge in [0.05, 0.1) is 16.6 Å². The third kappa shape index (κ3) is 4.91. The average molecular weight is 537 g/mol. The maximum absolute atomic E-state index is 13.3. The molecule has 1 N–H and O–H groups in total. The molecule has 2 aromatic heterocycles. The number of rotatable bonds is 5. The molecule has 2 aliphatic rings. The van der Waals surface area contributed by atoms with Crippen molar-refractivity contribution in [1.29, 1.82) is 5.26 Å². The maximum atomic E-state index is 13.3. The summed E-state index contributed by atoms with van der Waals surface area (Å²) in [7, 11) is 2.01. The van der Waals surface area contributed by atoms with Gasteiger partial charge in [0.2, 0.25) is 0 Å². The first-order valence-corrected chi connectivity index (χ1v) is 14.0. The van der Waals surface area contributed by atoms with E-state index in [1.165, 1.54) is 16.9 Å². The number of nitrogens with zero attached hydrogens (tertiary/aromatic N) is 3. The first kappa shape index (κ1) is 25.2. The van der Waals surface area contributed by atoms with Crippen molar-refractivity contribution in [3.05, 3.63) is 93.0 Å². The van der Waals surface area contributed by atoms with Gasteiger partial charge < -0.3 is 15.0 Å². The van der Waals surface area contributed by atoms with E-state index < -0.39 is 18.5 Å². The van der Waals surface area contributed by atoms with E-state index in [2.05, 4.69) is 40.6 Å². The number of anilines is 1. The number of amides is 1. The molecule has 1 atom stereocenters. The van der Waals surface area contributed by atoms with E-state index in [4.69, 9.17) is 9.72 Å². The Morgan fingerprint density at radius 2 is 1.92 bits per heavy atom. The van der Waals surface area contributed by atoms with E-state index in [9.17, 15) is 14.9 Å². The normalized spacial score (nSPS) is 16.7. The lowest BCUT2D eigenvalue weighted by molar-refractivity contribution is -0.119. The van der Waals surface area contributed by atoms with Gasteiger partial charge >= 0.3 is 5.97 Å². The van der Waals surface area contributed by atoms with E-state index in [0.717, 1.165) is 64.8 Å². The number of fused-ring (bicyclic) bond motifs is 3. The standard InChI is InChI=1S/C31H28N4O3S/c1-35-14-13-26-24(17-35)29(22-9-5-6-10-25(22)33-26)31(37)38-18-28(36)34-30-23(16-32)21-12-11-20(15-27(21)39-30)19-7-3-2-4-8-19/h2-10,20H,11-15,17-18H2,1H3,(H,34,36). The zero-order valence-corrected chi connectivity index (χ0v) is 22.5. The van der Waals surface area contributed by atoms with E-state index in [0.29, 0.717) is 28.6 Å². The summed E-state index contributed by atoms with van der Waals surface area (Å²) in [4.78, 5) is 34.3. The number of likely N-dealkylation sites (N-methyl/N-ethyl adjacent to an activating group) is 1. The van der Waals surface area contributed by atoms with E-state index >= 15 is 0 Å². The average Bonchev–Trinajstić information content (AvgIpc) is 3.31. The van der Waals surface area contributed by atoms with Gasteiger partial charge in [-0.2, -0.15) is 5.26 Å². The van der Waals surface area contributed by atoms with Gasteiger partial charge in [-0.05, 0) is 49.4 Å². The molecule has 39 heavy (non-hydrogen) atoms. The smallest absolute Gasteiger partial charge is 0.339 e. The third-order valence-corrected chi connectivity index (χ3v) is 8.85. The van der Waals surface area contributed by atoms with Crippen LogP contribution in [-0.2, 0) is 35.3 Å². The molecule has 4 aromatic rings. The van der Waals surface area contributed by atoms with Gasteiger partial charge in [-0.3, -0.25) is 9.78 Å². The van der Waals surface area contributed by atoms with Crippen molar-refractivity contribution in [3.8, 4) is 6.07 Å². The molecule has 0 fully saturated rings. The molecule has 8 heteroatoms. The monoisotopic (exact) mass is 536 g/mol. The molecule has 196 valence electrons. The van der Waals surface area contributed by atoms with Crippen LogP contribution in [0.1, 0.15) is 55.5 Å². The summed E-state index contributed by atoms with van der Waals surface area (Å²) < 4.78 is 5.55. The largest absolute Gasteiger partial charge is 0.452 e. The fourth-order valence-electron chi connectivity index (χ4n) is 5.73. The van der Waals surface area contributed by atoms with Crippen molar-refractivity contribution in [1.82, 2.24) is 9.88 Å². The van der Waals surface area contributed by atoms with Crippen molar-refractivity contribution in [3.63, 3.8) is 0 Å². The molecule has 0 bridgehead atoms. The molecule has 1 amide bonds. The Morgan fingerprint density at radius 1 is 1.13 bits per heavy atom. The Kier molecular flexibility index (Phi) is 6.86. The summed E-state index contributed by atoms with van der Waals surface area (Å²) in [6.45, 7) is 1.04. The van der Waals surface area contributed by atoms with Gasteiger partial charge in [0.1, 0.15) is 11.1 Å². The van der Waals surface area contributed by atoms with Crippen LogP contribution in [0.3, 0.4) is 0 Å². The number of ether oxygens (including phenoxy) is 1. The van der Waals surface area contributed by atoms with Crippen molar-refractivity contribution in [2.24, 2.45) is 0 Å². The fraction of sp³-hybridized carbons (Fsp3) is 0.290. The number of pyridine rings is 1. The Morgan fingerprint density at radius 3 is 2.74 bits per heavy atom. The van der Waals surface area contributed by atoms with Crippen molar-refractivity contribution in [2.45, 2.75) is 38.1 Å². The highest BCUT2D eigenvalue weighted by Gasteiger charge is 2.28. The minimum Gasteiger partial charge on any atom is -0.452 e. The van der Waals surface area contributed by atoms with Crippen LogP contribution in [0.25, 0.3) is 10.9 Å². The molecule has 2 aromatic carbocycles. The summed E-state index contributed by atoms with van der Waals surface area (Å²) >= 11 is 1.46. The number of nitrogens with one attached hydrogen (secondary N) is 1. The molecule has 1 aliphatic carbocycles. The summed E-state index contributed by atoms with van der Waals surface area (Å²) in [6, 6.07) is 20.2. The molecule has 0 spiro atoms. The highest BCUT2D eigenvalue weighted by atomic mass is 32.1. The zero-order chi connectivity index (χ0) is 26.9. The van der Waals surface area contributed by atoms with Gasteiger partial charge in [-0.1, -0.05) is 48.5 Å². The maximum Gasteiger partial charge on any atom is 0.339 e. The second-order valence-electron chi connectivity index (χ2n) is 10.2. The topological polar surface area (TPSA) is 95.3 Å². The highest BCUT2D eigenvalue weighted by Crippen LogP contribution is 2.42. The lowest BCUT2D eigenvalue weighted by Gasteiger charge is -2.26. The van der Waals surface area contributed by atoms with Gasteiger partial charge in [0, 0.05) is 41.0 Å². The van der Waals surface area contributed by atoms with Crippen LogP contribution in [0.5, 0.6) is 0 Å². The highest BCUT2D eigenvalue weighted by molar-refractivity contribution is 7.16. The number of aromatic nitrogens is 1. The molecule has 0 radical (unpaired) electrons. The number of carbonyl (C=O) groups is 2. The van der Waals surface area contributed by atoms with Crippen molar-refractivity contribution >= 4 is 39.1 Å². The molecule has 3 heterocycles. The van der Waals surface area contributed by atoms with Crippen LogP contribution in [0.2, 0.25) is 0 Å². The molecule has 1 aliphatic heterocycles. The molecule has 7 nitrogen and oxygen atoms in total. The van der Waals surface area contributed by atoms with Crippen LogP contribution in [0, 0.1) is 11.3 Å². The Bertz CT molecular complexity index is 1620. The lowest BCUT2D eigenvalue weighted by atomic mass is 9.83. The number of esters is 1. The number of carbonyl (C=O) groups excluding carboxylic acids is 2. The summed E-state index contributed by atoms with van der Waals surface area (Å²) in [5.74, 6) is -0.594. The number of nitriles is 1. The van der Waals surface area contributed by atoms with Crippen LogP contribution in [0.4, 0.5) is 5.00 Å². The van der Waals surface area contributed by atoms with Crippen LogP contribution in [0.15, 0.2) is 54.6 Å². The quantitative estimate of drug-likeness (QED) is 0.351. The van der Waals surface area contributed by atoms with Gasteiger partial charge in [-0.25, -0.2) is 4.79 Å². The third-order valence-electron chi connectivity index (χ3n) is 7.68. The predicted octanol–water partition coefficient (Wildman–Crippen LogP) is 5.22. The molecular formula is C31H28N4O3S. The summed E-state index contributed by atoms with van der Waals surface area (Å²) in [6.07, 6.45) is 3.36. The van der Waals surface area contributed by atoms with Crippen LogP contribution < -0.4 is 5.32 Å². The molecule has 0 saturated carbocycles. The summed E-state index contributed by atoms with van der Waals surface area (Å²) in [5.41, 5.74) is 5.84. The first-order valence-electron chi connectivity index (χ1n) is 13.2. The predicted molar refractivity (Wildman–Crippen MR) is 151 cm³/mol. The van der Waals surface area contributed by atoms with Gasteiger partial charge in [0.15, 0.2) is 6.61 Å². The van der Waals surface area contributed by atoms with Gasteiger partial charge in [-0.15, -0.1) is 11.3 Å². The number of hydrogen-bond acceptors (Lipinski definition) is 7. The molecular weight excluding hydrogens is 508 g/mol. The Labute approximate surface area is 231 Å². The fourth-order valence-corrected chi connectivity index (χ4v) is 7.02. The minimum atomic E-state index is -0.535. The van der Waals surface area contributed by atoms with Crippen LogP contribution in [-0.4, -0.2) is 42.0 Å². The second kappa shape index (κ2) is 10.6. The first-order chi connectivity index (χ1) is 19.0. The summed E-state index contributed by atoms with van der Waals surface area (Å²) in [5, 5.41) is 14.0. The van der Waals surface area contributed by atoms with Crippen LogP contribution >= 0.6 is 11.3 Å². The number of hydrogen-bond donors (Lipinski definition) is 1. The molecule has 1 unspecified atom stereocenters. The zero-order valence-electron chi connectivity index (χ0n) is 21.7. The number of thiophene rings is 1. The Balaban J connectivity index is 1.18. The van der Waals surface area contributed by atoms with E-state index in [1.54, 1.807) is 0 Å². The minimum absolute atomic E-state index is 0.397. The number of para-hydroxylation sites is 1. The Hall–Kier alpha value is -4.06. The number of benzene rings is 2. The van der Waals surface area contributed by atoms with Crippen molar-refractivity contribution < 1.29 is 14.3 Å². The lowest BCUT2D eigenvalue weighted by Crippen LogP contribution is -2.30. The van der Waals surface area contributed by atoms with Gasteiger partial charge in [0.25, 0.3) is 5.91 Å². The van der Waals surface area contributed by atoms with Crippen molar-refractivity contribution in [2.75, 3.05) is 25.5 Å². The molecule has 0 saturated heterocycles. The second-order valence-corrected chi connectivity index (χ2v) is 11.3.